The summed E-state index contributed by atoms with van der Waals surface area (Å²) in [7, 11) is 0. The number of hydrogen-bond donors (Lipinski definition) is 2. The molecule has 0 saturated heterocycles. The fourth-order valence-electron chi connectivity index (χ4n) is 7.38. The van der Waals surface area contributed by atoms with Gasteiger partial charge in [-0.05, 0) is 79.4 Å². The maximum absolute atomic E-state index is 12.3. The van der Waals surface area contributed by atoms with E-state index in [9.17, 15) is 15.0 Å². The van der Waals surface area contributed by atoms with Gasteiger partial charge in [-0.15, -0.1) is 0 Å². The van der Waals surface area contributed by atoms with Crippen LogP contribution in [0, 0.1) is 40.4 Å². The minimum Gasteiger partial charge on any atom is -0.396 e. The molecule has 2 N–H and O–H groups in total. The van der Waals surface area contributed by atoms with E-state index < -0.39 is 0 Å². The molecule has 3 nitrogen and oxygen atoms in total. The molecule has 23 heavy (non-hydrogen) atoms. The normalized spacial score (nSPS) is 55.9. The lowest BCUT2D eigenvalue weighted by molar-refractivity contribution is -0.152. The molecule has 0 spiro atoms. The van der Waals surface area contributed by atoms with Crippen LogP contribution in [-0.4, -0.2) is 28.7 Å². The van der Waals surface area contributed by atoms with Crippen LogP contribution in [0.25, 0.3) is 0 Å². The van der Waals surface area contributed by atoms with Crippen molar-refractivity contribution in [1.29, 1.82) is 0 Å². The molecule has 4 saturated carbocycles. The van der Waals surface area contributed by atoms with Crippen molar-refractivity contribution in [1.82, 2.24) is 0 Å². The molecule has 0 radical (unpaired) electrons. The number of ketones is 1. The minimum atomic E-state index is -0.127. The summed E-state index contributed by atoms with van der Waals surface area (Å²) in [4.78, 5) is 12.3. The maximum atomic E-state index is 12.3. The van der Waals surface area contributed by atoms with Gasteiger partial charge in [-0.1, -0.05) is 13.8 Å². The number of rotatable bonds is 1. The monoisotopic (exact) mass is 320 g/mol. The fraction of sp³-hybridized carbons (Fsp3) is 0.950. The van der Waals surface area contributed by atoms with Gasteiger partial charge in [-0.2, -0.15) is 0 Å². The van der Waals surface area contributed by atoms with Crippen LogP contribution in [0.2, 0.25) is 0 Å². The highest BCUT2D eigenvalue weighted by atomic mass is 16.3. The van der Waals surface area contributed by atoms with Crippen LogP contribution in [0.3, 0.4) is 0 Å². The standard InChI is InChI=1S/C20H32O3/c1-19-8-7-16-14(15(19)5-6-18(19)23)4-3-13-9-17(22)12(11-21)10-20(13,16)2/h12-16,18,21,23H,3-11H2,1-2H3/t12-,13?,14-,15-,16-,18-,19-,20-/m0/s1. The van der Waals surface area contributed by atoms with Crippen LogP contribution in [0.15, 0.2) is 0 Å². The van der Waals surface area contributed by atoms with E-state index in [1.165, 1.54) is 25.7 Å². The molecule has 4 aliphatic carbocycles. The third-order valence-electron chi connectivity index (χ3n) is 8.82. The number of aliphatic hydroxyl groups is 2. The average molecular weight is 320 g/mol. The topological polar surface area (TPSA) is 57.5 Å². The molecule has 1 unspecified atom stereocenters. The van der Waals surface area contributed by atoms with Gasteiger partial charge in [-0.25, -0.2) is 0 Å². The first-order valence-corrected chi connectivity index (χ1v) is 9.72. The molecule has 0 aromatic rings. The minimum absolute atomic E-state index is 0.0262. The second-order valence-electron chi connectivity index (χ2n) is 9.55. The van der Waals surface area contributed by atoms with Gasteiger partial charge in [0.15, 0.2) is 0 Å². The third-order valence-corrected chi connectivity index (χ3v) is 8.82. The van der Waals surface area contributed by atoms with Crippen molar-refractivity contribution in [3.63, 3.8) is 0 Å². The quantitative estimate of drug-likeness (QED) is 0.780. The molecule has 130 valence electrons. The first kappa shape index (κ1) is 16.1. The van der Waals surface area contributed by atoms with E-state index in [1.807, 2.05) is 0 Å². The Morgan fingerprint density at radius 2 is 1.78 bits per heavy atom. The first-order chi connectivity index (χ1) is 10.9. The Hall–Kier alpha value is -0.410. The van der Waals surface area contributed by atoms with Crippen molar-refractivity contribution in [3.8, 4) is 0 Å². The fourth-order valence-corrected chi connectivity index (χ4v) is 7.38. The molecular formula is C20H32O3. The van der Waals surface area contributed by atoms with Crippen LogP contribution < -0.4 is 0 Å². The Bertz CT molecular complexity index is 503. The van der Waals surface area contributed by atoms with Crippen molar-refractivity contribution in [2.75, 3.05) is 6.61 Å². The van der Waals surface area contributed by atoms with Crippen LogP contribution in [0.4, 0.5) is 0 Å². The van der Waals surface area contributed by atoms with Gasteiger partial charge < -0.3 is 10.2 Å². The molecule has 0 amide bonds. The summed E-state index contributed by atoms with van der Waals surface area (Å²) in [6.45, 7) is 4.76. The molecule has 0 aromatic carbocycles. The molecule has 8 atom stereocenters. The summed E-state index contributed by atoms with van der Waals surface area (Å²) < 4.78 is 0. The van der Waals surface area contributed by atoms with Crippen molar-refractivity contribution in [2.24, 2.45) is 40.4 Å². The molecule has 0 aromatic heterocycles. The largest absolute Gasteiger partial charge is 0.396 e. The van der Waals surface area contributed by atoms with E-state index in [0.717, 1.165) is 25.2 Å². The summed E-state index contributed by atoms with van der Waals surface area (Å²) in [5.41, 5.74) is 0.352. The van der Waals surface area contributed by atoms with Gasteiger partial charge >= 0.3 is 0 Å². The Morgan fingerprint density at radius 3 is 2.52 bits per heavy atom. The van der Waals surface area contributed by atoms with Gasteiger partial charge in [0, 0.05) is 12.3 Å². The molecule has 3 heteroatoms. The summed E-state index contributed by atoms with van der Waals surface area (Å²) >= 11 is 0. The highest BCUT2D eigenvalue weighted by Gasteiger charge is 2.60. The smallest absolute Gasteiger partial charge is 0.138 e. The second kappa shape index (κ2) is 5.29. The van der Waals surface area contributed by atoms with E-state index in [1.54, 1.807) is 0 Å². The van der Waals surface area contributed by atoms with E-state index in [2.05, 4.69) is 13.8 Å². The Labute approximate surface area is 139 Å². The van der Waals surface area contributed by atoms with Gasteiger partial charge in [0.1, 0.15) is 5.78 Å². The van der Waals surface area contributed by atoms with Crippen LogP contribution in [0.5, 0.6) is 0 Å². The molecular weight excluding hydrogens is 288 g/mol. The highest BCUT2D eigenvalue weighted by molar-refractivity contribution is 5.82. The van der Waals surface area contributed by atoms with Crippen molar-refractivity contribution >= 4 is 5.78 Å². The molecule has 0 aliphatic heterocycles. The molecule has 4 rings (SSSR count). The number of carbonyl (C=O) groups is 1. The number of hydrogen-bond acceptors (Lipinski definition) is 3. The SMILES string of the molecule is C[C@]12CC[C@H]3[C@@H](CCC4CC(=O)[C@H](CO)C[C@@]43C)[C@@H]1CC[C@@H]2O. The number of Topliss-reactive ketones (excluding diaryl/α,β-unsaturated/α-hetero) is 1. The summed E-state index contributed by atoms with van der Waals surface area (Å²) in [6, 6.07) is 0. The van der Waals surface area contributed by atoms with Gasteiger partial charge in [0.25, 0.3) is 0 Å². The van der Waals surface area contributed by atoms with Crippen LogP contribution in [0.1, 0.15) is 65.2 Å². The molecule has 0 heterocycles. The zero-order valence-corrected chi connectivity index (χ0v) is 14.6. The van der Waals surface area contributed by atoms with Crippen LogP contribution >= 0.6 is 0 Å². The number of carbonyl (C=O) groups excluding carboxylic acids is 1. The van der Waals surface area contributed by atoms with Crippen molar-refractivity contribution in [2.45, 2.75) is 71.3 Å². The Morgan fingerprint density at radius 1 is 1.04 bits per heavy atom. The lowest BCUT2D eigenvalue weighted by Gasteiger charge is -2.60. The average Bonchev–Trinajstić information content (AvgIpc) is 2.83. The zero-order valence-electron chi connectivity index (χ0n) is 14.6. The molecule has 4 aliphatic rings. The van der Waals surface area contributed by atoms with Gasteiger partial charge in [-0.3, -0.25) is 4.79 Å². The second-order valence-corrected chi connectivity index (χ2v) is 9.55. The van der Waals surface area contributed by atoms with E-state index in [-0.39, 0.29) is 29.5 Å². The van der Waals surface area contributed by atoms with Crippen molar-refractivity contribution < 1.29 is 15.0 Å². The Kier molecular flexibility index (Phi) is 3.70. The van der Waals surface area contributed by atoms with E-state index in [0.29, 0.717) is 30.0 Å². The first-order valence-electron chi connectivity index (χ1n) is 9.72. The predicted octanol–water partition coefficient (Wildman–Crippen LogP) is 3.18. The molecule has 4 fully saturated rings. The maximum Gasteiger partial charge on any atom is 0.138 e. The van der Waals surface area contributed by atoms with E-state index >= 15 is 0 Å². The third kappa shape index (κ3) is 2.12. The Balaban J connectivity index is 1.64. The van der Waals surface area contributed by atoms with Gasteiger partial charge in [0.2, 0.25) is 0 Å². The van der Waals surface area contributed by atoms with Crippen molar-refractivity contribution in [3.05, 3.63) is 0 Å². The lowest BCUT2D eigenvalue weighted by Crippen LogP contribution is -2.55. The zero-order chi connectivity index (χ0) is 16.4. The van der Waals surface area contributed by atoms with Crippen LogP contribution in [-0.2, 0) is 4.79 Å². The van der Waals surface area contributed by atoms with E-state index in [4.69, 9.17) is 0 Å². The predicted molar refractivity (Wildman–Crippen MR) is 88.7 cm³/mol. The molecule has 0 bridgehead atoms. The highest BCUT2D eigenvalue weighted by Crippen LogP contribution is 2.66. The summed E-state index contributed by atoms with van der Waals surface area (Å²) in [6.07, 6.45) is 8.38. The summed E-state index contributed by atoms with van der Waals surface area (Å²) in [5.74, 6) is 2.77. The number of aliphatic hydroxyl groups excluding tert-OH is 2. The number of fused-ring (bicyclic) bond motifs is 5. The summed E-state index contributed by atoms with van der Waals surface area (Å²) in [5, 5.41) is 20.1. The lowest BCUT2D eigenvalue weighted by atomic mass is 9.44. The van der Waals surface area contributed by atoms with Gasteiger partial charge in [0.05, 0.1) is 12.7 Å².